The Morgan fingerprint density at radius 2 is 1.70 bits per heavy atom. The topological polar surface area (TPSA) is 72.9 Å². The molecule has 0 aliphatic carbocycles. The normalized spacial score (nSPS) is 14.4. The van der Waals surface area contributed by atoms with Gasteiger partial charge in [-0.3, -0.25) is 14.5 Å². The van der Waals surface area contributed by atoms with E-state index >= 15 is 0 Å². The standard InChI is InChI=1S/C29H20BrNO5S/c1-35-24-15-19(16-25-27(32)31(29(34)37-25)17-18-8-3-2-4-9-18)14-23(30)26(24)36-28(33)22-13-7-11-20-10-5-6-12-21(20)22/h2-16H,17H2,1H3/b25-16-. The third kappa shape index (κ3) is 5.16. The van der Waals surface area contributed by atoms with Crippen LogP contribution in [0, 0.1) is 0 Å². The van der Waals surface area contributed by atoms with Gasteiger partial charge in [-0.2, -0.15) is 0 Å². The van der Waals surface area contributed by atoms with Crippen LogP contribution >= 0.6 is 27.7 Å². The lowest BCUT2D eigenvalue weighted by atomic mass is 10.0. The Balaban J connectivity index is 1.40. The lowest BCUT2D eigenvalue weighted by Crippen LogP contribution is -2.27. The van der Waals surface area contributed by atoms with E-state index in [0.717, 1.165) is 28.1 Å². The van der Waals surface area contributed by atoms with Gasteiger partial charge in [0.2, 0.25) is 0 Å². The van der Waals surface area contributed by atoms with Gasteiger partial charge < -0.3 is 9.47 Å². The van der Waals surface area contributed by atoms with Crippen LogP contribution in [0.15, 0.2) is 94.3 Å². The van der Waals surface area contributed by atoms with Crippen LogP contribution in [0.3, 0.4) is 0 Å². The zero-order valence-electron chi connectivity index (χ0n) is 19.6. The van der Waals surface area contributed by atoms with Crippen LogP contribution in [-0.2, 0) is 11.3 Å². The number of carbonyl (C=O) groups is 3. The Kier molecular flexibility index (Phi) is 7.12. The van der Waals surface area contributed by atoms with Gasteiger partial charge in [0.15, 0.2) is 11.5 Å². The first kappa shape index (κ1) is 24.8. The lowest BCUT2D eigenvalue weighted by molar-refractivity contribution is -0.123. The van der Waals surface area contributed by atoms with Gasteiger partial charge in [-0.25, -0.2) is 4.79 Å². The molecule has 0 unspecified atom stereocenters. The molecule has 184 valence electrons. The summed E-state index contributed by atoms with van der Waals surface area (Å²) in [7, 11) is 1.47. The predicted molar refractivity (Wildman–Crippen MR) is 148 cm³/mol. The summed E-state index contributed by atoms with van der Waals surface area (Å²) >= 11 is 4.35. The molecule has 5 rings (SSSR count). The first-order chi connectivity index (χ1) is 17.9. The lowest BCUT2D eigenvalue weighted by Gasteiger charge is -2.13. The number of ether oxygens (including phenoxy) is 2. The number of halogens is 1. The van der Waals surface area contributed by atoms with Crippen molar-refractivity contribution in [2.75, 3.05) is 7.11 Å². The minimum absolute atomic E-state index is 0.207. The third-order valence-corrected chi connectivity index (χ3v) is 7.31. The molecule has 0 N–H and O–H groups in total. The maximum Gasteiger partial charge on any atom is 0.344 e. The predicted octanol–water partition coefficient (Wildman–Crippen LogP) is 7.07. The van der Waals surface area contributed by atoms with Gasteiger partial charge in [-0.15, -0.1) is 0 Å². The first-order valence-corrected chi connectivity index (χ1v) is 12.9. The molecule has 0 saturated carbocycles. The van der Waals surface area contributed by atoms with Crippen molar-refractivity contribution in [1.82, 2.24) is 4.90 Å². The number of thioether (sulfide) groups is 1. The Labute approximate surface area is 226 Å². The first-order valence-electron chi connectivity index (χ1n) is 11.3. The molecule has 0 atom stereocenters. The Morgan fingerprint density at radius 1 is 0.973 bits per heavy atom. The van der Waals surface area contributed by atoms with Crippen LogP contribution < -0.4 is 9.47 Å². The quantitative estimate of drug-likeness (QED) is 0.139. The maximum absolute atomic E-state index is 13.1. The van der Waals surface area contributed by atoms with Crippen molar-refractivity contribution >= 4 is 61.7 Å². The van der Waals surface area contributed by atoms with Crippen LogP contribution in [-0.4, -0.2) is 29.1 Å². The highest BCUT2D eigenvalue weighted by Gasteiger charge is 2.35. The molecule has 0 spiro atoms. The summed E-state index contributed by atoms with van der Waals surface area (Å²) in [5, 5.41) is 1.39. The van der Waals surface area contributed by atoms with E-state index in [1.807, 2.05) is 60.7 Å². The summed E-state index contributed by atoms with van der Waals surface area (Å²) in [6.07, 6.45) is 1.62. The number of benzene rings is 4. The molecule has 0 bridgehead atoms. The van der Waals surface area contributed by atoms with E-state index in [1.54, 1.807) is 30.3 Å². The van der Waals surface area contributed by atoms with Gasteiger partial charge in [-0.1, -0.05) is 66.7 Å². The number of hydrogen-bond acceptors (Lipinski definition) is 6. The molecular weight excluding hydrogens is 554 g/mol. The second-order valence-corrected chi connectivity index (χ2v) is 10.1. The van der Waals surface area contributed by atoms with Crippen molar-refractivity contribution in [1.29, 1.82) is 0 Å². The monoisotopic (exact) mass is 573 g/mol. The Hall–Kier alpha value is -3.88. The van der Waals surface area contributed by atoms with Crippen LogP contribution in [0.2, 0.25) is 0 Å². The van der Waals surface area contributed by atoms with Gasteiger partial charge >= 0.3 is 5.97 Å². The zero-order chi connectivity index (χ0) is 25.9. The molecule has 8 heteroatoms. The van der Waals surface area contributed by atoms with Crippen LogP contribution in [0.5, 0.6) is 11.5 Å². The number of methoxy groups -OCH3 is 1. The number of rotatable bonds is 6. The summed E-state index contributed by atoms with van der Waals surface area (Å²) in [5.41, 5.74) is 1.91. The Bertz CT molecular complexity index is 1560. The van der Waals surface area contributed by atoms with E-state index in [9.17, 15) is 14.4 Å². The summed E-state index contributed by atoms with van der Waals surface area (Å²) in [5.74, 6) is -0.363. The highest BCUT2D eigenvalue weighted by atomic mass is 79.9. The molecule has 6 nitrogen and oxygen atoms in total. The fourth-order valence-corrected chi connectivity index (χ4v) is 5.41. The number of fused-ring (bicyclic) bond motifs is 1. The smallest absolute Gasteiger partial charge is 0.344 e. The Morgan fingerprint density at radius 3 is 2.49 bits per heavy atom. The molecule has 0 radical (unpaired) electrons. The number of imide groups is 1. The molecule has 1 aliphatic heterocycles. The SMILES string of the molecule is COc1cc(/C=C2\SC(=O)N(Cc3ccccc3)C2=O)cc(Br)c1OC(=O)c1cccc2ccccc12. The molecule has 1 saturated heterocycles. The zero-order valence-corrected chi connectivity index (χ0v) is 22.0. The van der Waals surface area contributed by atoms with Crippen molar-refractivity contribution in [3.63, 3.8) is 0 Å². The molecule has 1 fully saturated rings. The van der Waals surface area contributed by atoms with Crippen molar-refractivity contribution < 1.29 is 23.9 Å². The summed E-state index contributed by atoms with van der Waals surface area (Å²) in [6, 6.07) is 25.7. The molecular formula is C29H20BrNO5S. The number of carbonyl (C=O) groups excluding carboxylic acids is 3. The van der Waals surface area contributed by atoms with Crippen LogP contribution in [0.1, 0.15) is 21.5 Å². The maximum atomic E-state index is 13.1. The summed E-state index contributed by atoms with van der Waals surface area (Å²) < 4.78 is 11.7. The second-order valence-electron chi connectivity index (χ2n) is 8.20. The van der Waals surface area contributed by atoms with E-state index < -0.39 is 5.97 Å². The molecule has 4 aromatic carbocycles. The average Bonchev–Trinajstić information content (AvgIpc) is 3.17. The van der Waals surface area contributed by atoms with E-state index in [1.165, 1.54) is 12.0 Å². The van der Waals surface area contributed by atoms with Crippen molar-refractivity contribution in [3.05, 3.63) is 111 Å². The van der Waals surface area contributed by atoms with Gasteiger partial charge in [0.25, 0.3) is 11.1 Å². The molecule has 1 heterocycles. The van der Waals surface area contributed by atoms with Gasteiger partial charge in [0.1, 0.15) is 0 Å². The van der Waals surface area contributed by atoms with E-state index in [-0.39, 0.29) is 23.4 Å². The molecule has 37 heavy (non-hydrogen) atoms. The highest BCUT2D eigenvalue weighted by Crippen LogP contribution is 2.40. The fourth-order valence-electron chi connectivity index (χ4n) is 4.03. The van der Waals surface area contributed by atoms with E-state index in [4.69, 9.17) is 9.47 Å². The largest absolute Gasteiger partial charge is 0.493 e. The van der Waals surface area contributed by atoms with E-state index in [0.29, 0.717) is 26.3 Å². The van der Waals surface area contributed by atoms with Crippen molar-refractivity contribution in [2.45, 2.75) is 6.54 Å². The highest BCUT2D eigenvalue weighted by molar-refractivity contribution is 9.10. The minimum Gasteiger partial charge on any atom is -0.493 e. The van der Waals surface area contributed by atoms with Crippen LogP contribution in [0.4, 0.5) is 4.79 Å². The van der Waals surface area contributed by atoms with Gasteiger partial charge in [0, 0.05) is 0 Å². The van der Waals surface area contributed by atoms with Crippen LogP contribution in [0.25, 0.3) is 16.8 Å². The number of nitrogens with zero attached hydrogens (tertiary/aromatic N) is 1. The summed E-state index contributed by atoms with van der Waals surface area (Å²) in [6.45, 7) is 0.207. The van der Waals surface area contributed by atoms with Gasteiger partial charge in [0.05, 0.1) is 28.6 Å². The molecule has 2 amide bonds. The van der Waals surface area contributed by atoms with E-state index in [2.05, 4.69) is 15.9 Å². The minimum atomic E-state index is -0.523. The van der Waals surface area contributed by atoms with Crippen molar-refractivity contribution in [3.8, 4) is 11.5 Å². The second kappa shape index (κ2) is 10.6. The number of amides is 2. The van der Waals surface area contributed by atoms with Gasteiger partial charge in [-0.05, 0) is 73.9 Å². The average molecular weight is 574 g/mol. The summed E-state index contributed by atoms with van der Waals surface area (Å²) in [4.78, 5) is 40.1. The molecule has 1 aliphatic rings. The van der Waals surface area contributed by atoms with Crippen molar-refractivity contribution in [2.24, 2.45) is 0 Å². The third-order valence-electron chi connectivity index (χ3n) is 5.81. The fraction of sp³-hybridized carbons (Fsp3) is 0.0690. The number of esters is 1. The molecule has 4 aromatic rings. The molecule has 0 aromatic heterocycles. The number of hydrogen-bond donors (Lipinski definition) is 0.